The molecule has 0 aliphatic heterocycles. The molecule has 0 saturated carbocycles. The van der Waals surface area contributed by atoms with E-state index in [1.54, 1.807) is 0 Å². The summed E-state index contributed by atoms with van der Waals surface area (Å²) in [4.78, 5) is 11.0. The number of rotatable bonds is 13. The molecule has 2 atom stereocenters. The molecule has 23 heavy (non-hydrogen) atoms. The summed E-state index contributed by atoms with van der Waals surface area (Å²) in [6, 6.07) is -0.146. The lowest BCUT2D eigenvalue weighted by Gasteiger charge is -2.18. The molecule has 0 aromatic rings. The lowest BCUT2D eigenvalue weighted by Crippen LogP contribution is -2.34. The highest BCUT2D eigenvalue weighted by atomic mass is 16.5. The minimum atomic E-state index is -0.272. The lowest BCUT2D eigenvalue weighted by atomic mass is 10.1. The number of carbonyl (C=O) groups is 1. The highest BCUT2D eigenvalue weighted by Crippen LogP contribution is 2.06. The second kappa shape index (κ2) is 15.5. The smallest absolute Gasteiger partial charge is 0.302 e. The van der Waals surface area contributed by atoms with Crippen LogP contribution in [-0.2, 0) is 9.53 Å². The molecular formula is C20H35NO2. The van der Waals surface area contributed by atoms with Gasteiger partial charge < -0.3 is 10.5 Å². The first-order valence-corrected chi connectivity index (χ1v) is 8.95. The minimum Gasteiger partial charge on any atom is -0.461 e. The van der Waals surface area contributed by atoms with E-state index in [1.807, 2.05) is 6.92 Å². The molecule has 0 spiro atoms. The van der Waals surface area contributed by atoms with Crippen LogP contribution in [0.15, 0.2) is 36.5 Å². The van der Waals surface area contributed by atoms with E-state index in [1.165, 1.54) is 32.6 Å². The van der Waals surface area contributed by atoms with Crippen molar-refractivity contribution in [3.05, 3.63) is 36.5 Å². The Labute approximate surface area is 142 Å². The Bertz CT molecular complexity index is 370. The number of unbranched alkanes of at least 4 members (excludes halogenated alkanes) is 4. The third-order valence-corrected chi connectivity index (χ3v) is 3.52. The number of esters is 1. The molecule has 0 heterocycles. The molecule has 132 valence electrons. The highest BCUT2D eigenvalue weighted by Gasteiger charge is 2.14. The molecule has 0 amide bonds. The maximum absolute atomic E-state index is 11.0. The summed E-state index contributed by atoms with van der Waals surface area (Å²) in [5, 5.41) is 0. The number of carbonyl (C=O) groups excluding carboxylic acids is 1. The van der Waals surface area contributed by atoms with E-state index in [9.17, 15) is 4.79 Å². The molecule has 0 aliphatic rings. The van der Waals surface area contributed by atoms with E-state index in [0.29, 0.717) is 6.42 Å². The van der Waals surface area contributed by atoms with E-state index < -0.39 is 0 Å². The van der Waals surface area contributed by atoms with Gasteiger partial charge in [-0.1, -0.05) is 56.2 Å². The van der Waals surface area contributed by atoms with E-state index in [0.717, 1.165) is 19.3 Å². The number of allylic oxidation sites excluding steroid dienone is 5. The van der Waals surface area contributed by atoms with Crippen LogP contribution in [0.5, 0.6) is 0 Å². The maximum Gasteiger partial charge on any atom is 0.302 e. The normalized spacial score (nSPS) is 14.8. The number of hydrogen-bond donors (Lipinski definition) is 1. The molecule has 0 saturated heterocycles. The van der Waals surface area contributed by atoms with Crippen LogP contribution >= 0.6 is 0 Å². The lowest BCUT2D eigenvalue weighted by molar-refractivity contribution is -0.147. The largest absolute Gasteiger partial charge is 0.461 e. The SMILES string of the molecule is CCCCC/C=C\C/C=C\CC/C=C/C[C@H](OC(C)=O)[C@H](C)N. The van der Waals surface area contributed by atoms with Crippen molar-refractivity contribution in [1.29, 1.82) is 0 Å². The van der Waals surface area contributed by atoms with Gasteiger partial charge in [-0.2, -0.15) is 0 Å². The van der Waals surface area contributed by atoms with Gasteiger partial charge in [-0.25, -0.2) is 0 Å². The minimum absolute atomic E-state index is 0.146. The topological polar surface area (TPSA) is 52.3 Å². The summed E-state index contributed by atoms with van der Waals surface area (Å²) in [7, 11) is 0. The van der Waals surface area contributed by atoms with Gasteiger partial charge in [-0.3, -0.25) is 4.79 Å². The van der Waals surface area contributed by atoms with Gasteiger partial charge in [0.25, 0.3) is 0 Å². The van der Waals surface area contributed by atoms with Crippen LogP contribution in [0.4, 0.5) is 0 Å². The van der Waals surface area contributed by atoms with Gasteiger partial charge in [0.2, 0.25) is 0 Å². The van der Waals surface area contributed by atoms with Gasteiger partial charge in [-0.05, 0) is 39.0 Å². The summed E-state index contributed by atoms with van der Waals surface area (Å²) in [6.45, 7) is 5.51. The zero-order valence-electron chi connectivity index (χ0n) is 15.2. The fourth-order valence-corrected chi connectivity index (χ4v) is 2.14. The second-order valence-electron chi connectivity index (χ2n) is 5.97. The van der Waals surface area contributed by atoms with Gasteiger partial charge >= 0.3 is 5.97 Å². The van der Waals surface area contributed by atoms with Crippen LogP contribution in [0.3, 0.4) is 0 Å². The molecule has 0 unspecified atom stereocenters. The first-order chi connectivity index (χ1) is 11.1. The molecule has 0 rings (SSSR count). The molecule has 0 aromatic carbocycles. The number of nitrogens with two attached hydrogens (primary N) is 1. The van der Waals surface area contributed by atoms with Crippen molar-refractivity contribution in [2.75, 3.05) is 0 Å². The summed E-state index contributed by atoms with van der Waals surface area (Å²) >= 11 is 0. The predicted octanol–water partition coefficient (Wildman–Crippen LogP) is 5.07. The van der Waals surface area contributed by atoms with Gasteiger partial charge in [0.15, 0.2) is 0 Å². The van der Waals surface area contributed by atoms with Crippen LogP contribution in [-0.4, -0.2) is 18.1 Å². The molecule has 3 nitrogen and oxygen atoms in total. The molecule has 0 bridgehead atoms. The van der Waals surface area contributed by atoms with Gasteiger partial charge in [-0.15, -0.1) is 0 Å². The third-order valence-electron chi connectivity index (χ3n) is 3.52. The van der Waals surface area contributed by atoms with E-state index in [2.05, 4.69) is 43.4 Å². The fourth-order valence-electron chi connectivity index (χ4n) is 2.14. The Hall–Kier alpha value is -1.35. The Balaban J connectivity index is 3.69. The Kier molecular flexibility index (Phi) is 14.6. The van der Waals surface area contributed by atoms with Crippen LogP contribution in [0.25, 0.3) is 0 Å². The molecule has 3 heteroatoms. The molecule has 0 fully saturated rings. The number of ether oxygens (including phenoxy) is 1. The summed E-state index contributed by atoms with van der Waals surface area (Å²) < 4.78 is 5.18. The Morgan fingerprint density at radius 2 is 1.61 bits per heavy atom. The average Bonchev–Trinajstić information content (AvgIpc) is 2.50. The van der Waals surface area contributed by atoms with Gasteiger partial charge in [0.1, 0.15) is 6.10 Å². The van der Waals surface area contributed by atoms with Crippen LogP contribution < -0.4 is 5.73 Å². The fraction of sp³-hybridized carbons (Fsp3) is 0.650. The Morgan fingerprint density at radius 3 is 2.17 bits per heavy atom. The monoisotopic (exact) mass is 321 g/mol. The van der Waals surface area contributed by atoms with Gasteiger partial charge in [0, 0.05) is 19.4 Å². The number of hydrogen-bond acceptors (Lipinski definition) is 3. The van der Waals surface area contributed by atoms with E-state index in [4.69, 9.17) is 10.5 Å². The summed E-state index contributed by atoms with van der Waals surface area (Å²) in [5.41, 5.74) is 5.80. The quantitative estimate of drug-likeness (QED) is 0.292. The molecule has 0 aromatic heterocycles. The first kappa shape index (κ1) is 21.6. The maximum atomic E-state index is 11.0. The van der Waals surface area contributed by atoms with Crippen LogP contribution in [0.2, 0.25) is 0 Å². The average molecular weight is 322 g/mol. The van der Waals surface area contributed by atoms with E-state index >= 15 is 0 Å². The van der Waals surface area contributed by atoms with Gasteiger partial charge in [0.05, 0.1) is 0 Å². The van der Waals surface area contributed by atoms with Crippen LogP contribution in [0.1, 0.15) is 72.1 Å². The molecular weight excluding hydrogens is 286 g/mol. The zero-order valence-corrected chi connectivity index (χ0v) is 15.2. The van der Waals surface area contributed by atoms with E-state index in [-0.39, 0.29) is 18.1 Å². The highest BCUT2D eigenvalue weighted by molar-refractivity contribution is 5.66. The van der Waals surface area contributed by atoms with Crippen molar-refractivity contribution in [2.45, 2.75) is 84.3 Å². The predicted molar refractivity (Wildman–Crippen MR) is 99.2 cm³/mol. The summed E-state index contributed by atoms with van der Waals surface area (Å²) in [5.74, 6) is -0.272. The zero-order chi connectivity index (χ0) is 17.3. The molecule has 2 N–H and O–H groups in total. The van der Waals surface area contributed by atoms with Crippen molar-refractivity contribution in [1.82, 2.24) is 0 Å². The van der Waals surface area contributed by atoms with Crippen molar-refractivity contribution >= 4 is 5.97 Å². The van der Waals surface area contributed by atoms with Crippen molar-refractivity contribution in [3.63, 3.8) is 0 Å². The first-order valence-electron chi connectivity index (χ1n) is 8.95. The van der Waals surface area contributed by atoms with Crippen molar-refractivity contribution in [2.24, 2.45) is 5.73 Å². The standard InChI is InChI=1S/C20H35NO2/c1-4-5-6-7-8-9-10-11-12-13-14-15-16-17-20(18(2)21)23-19(3)22/h8-9,11-12,15-16,18,20H,4-7,10,13-14,17,21H2,1-3H3/b9-8-,12-11-,16-15+/t18-,20-/m0/s1. The third kappa shape index (κ3) is 15.3. The van der Waals surface area contributed by atoms with Crippen molar-refractivity contribution < 1.29 is 9.53 Å². The second-order valence-corrected chi connectivity index (χ2v) is 5.97. The molecule has 0 radical (unpaired) electrons. The Morgan fingerprint density at radius 1 is 1.00 bits per heavy atom. The summed E-state index contributed by atoms with van der Waals surface area (Å²) in [6.07, 6.45) is 21.8. The van der Waals surface area contributed by atoms with Crippen molar-refractivity contribution in [3.8, 4) is 0 Å². The van der Waals surface area contributed by atoms with Crippen LogP contribution in [0, 0.1) is 0 Å². The molecule has 0 aliphatic carbocycles.